The number of anilines is 1. The largest absolute Gasteiger partial charge is 0.449 e. The first-order valence-corrected chi connectivity index (χ1v) is 12.0. The lowest BCUT2D eigenvalue weighted by molar-refractivity contribution is -0.384. The number of nitrogens with zero attached hydrogens (tertiary/aromatic N) is 3. The molecule has 2 heterocycles. The molecule has 2 aromatic heterocycles. The van der Waals surface area contributed by atoms with Crippen LogP contribution in [0.4, 0.5) is 10.8 Å². The number of benzene rings is 2. The lowest BCUT2D eigenvalue weighted by atomic mass is 10.1. The average Bonchev–Trinajstić information content (AvgIpc) is 3.48. The third-order valence-electron chi connectivity index (χ3n) is 5.52. The number of thiazole rings is 1. The average molecular weight is 506 g/mol. The summed E-state index contributed by atoms with van der Waals surface area (Å²) < 4.78 is 5.45. The topological polar surface area (TPSA) is 140 Å². The summed E-state index contributed by atoms with van der Waals surface area (Å²) in [6.07, 6.45) is -0.748. The highest BCUT2D eigenvalue weighted by molar-refractivity contribution is 7.14. The van der Waals surface area contributed by atoms with Gasteiger partial charge in [-0.2, -0.15) is 0 Å². The number of ether oxygens (including phenoxy) is 1. The van der Waals surface area contributed by atoms with Crippen LogP contribution in [-0.4, -0.2) is 37.9 Å². The molecule has 0 fully saturated rings. The van der Waals surface area contributed by atoms with Crippen molar-refractivity contribution < 1.29 is 19.2 Å². The van der Waals surface area contributed by atoms with E-state index in [-0.39, 0.29) is 12.1 Å². The van der Waals surface area contributed by atoms with Crippen LogP contribution in [0, 0.1) is 24.0 Å². The second kappa shape index (κ2) is 10.5. The lowest BCUT2D eigenvalue weighted by Gasteiger charge is -2.15. The number of nitro groups is 1. The van der Waals surface area contributed by atoms with Gasteiger partial charge in [0.15, 0.2) is 11.2 Å². The third-order valence-corrected chi connectivity index (χ3v) is 6.28. The first kappa shape index (κ1) is 24.7. The molecule has 11 heteroatoms. The number of amides is 1. The fourth-order valence-corrected chi connectivity index (χ4v) is 4.12. The van der Waals surface area contributed by atoms with E-state index in [0.29, 0.717) is 27.8 Å². The Morgan fingerprint density at radius 1 is 1.14 bits per heavy atom. The van der Waals surface area contributed by atoms with E-state index < -0.39 is 22.9 Å². The number of rotatable bonds is 8. The molecular weight excluding hydrogens is 482 g/mol. The van der Waals surface area contributed by atoms with Crippen molar-refractivity contribution in [2.24, 2.45) is 0 Å². The molecule has 0 aliphatic rings. The number of nitro benzene ring substituents is 1. The van der Waals surface area contributed by atoms with Crippen LogP contribution in [0.1, 0.15) is 35.1 Å². The van der Waals surface area contributed by atoms with Gasteiger partial charge in [0.25, 0.3) is 11.6 Å². The van der Waals surface area contributed by atoms with E-state index in [1.807, 2.05) is 13.8 Å². The standard InChI is InChI=1S/C25H23N5O5S/c1-4-21(35-24(32)17-10-8-16(9-11-17)22-26-14(2)15(3)27-22)23(31)29-25-28-20(13-36-25)18-6-5-7-19(12-18)30(33)34/h5-13,21H,4H2,1-3H3,(H,26,27)(H,28,29,31). The van der Waals surface area contributed by atoms with Crippen molar-refractivity contribution in [2.75, 3.05) is 5.32 Å². The Labute approximate surface area is 210 Å². The third kappa shape index (κ3) is 5.47. The van der Waals surface area contributed by atoms with Crippen molar-refractivity contribution in [1.29, 1.82) is 0 Å². The van der Waals surface area contributed by atoms with Crippen molar-refractivity contribution >= 4 is 34.0 Å². The van der Waals surface area contributed by atoms with Gasteiger partial charge in [0.2, 0.25) is 0 Å². The Bertz CT molecular complexity index is 1410. The predicted octanol–water partition coefficient (Wildman–Crippen LogP) is 5.30. The van der Waals surface area contributed by atoms with Crippen molar-refractivity contribution in [1.82, 2.24) is 15.0 Å². The van der Waals surface area contributed by atoms with Crippen LogP contribution in [-0.2, 0) is 9.53 Å². The van der Waals surface area contributed by atoms with E-state index in [1.54, 1.807) is 48.7 Å². The molecule has 4 rings (SSSR count). The van der Waals surface area contributed by atoms with Gasteiger partial charge in [0.1, 0.15) is 5.82 Å². The Morgan fingerprint density at radius 2 is 1.89 bits per heavy atom. The quantitative estimate of drug-likeness (QED) is 0.188. The molecule has 2 aromatic carbocycles. The fraction of sp³-hybridized carbons (Fsp3) is 0.200. The highest BCUT2D eigenvalue weighted by Crippen LogP contribution is 2.28. The molecule has 184 valence electrons. The maximum Gasteiger partial charge on any atom is 0.338 e. The van der Waals surface area contributed by atoms with Gasteiger partial charge in [-0.3, -0.25) is 20.2 Å². The first-order valence-electron chi connectivity index (χ1n) is 11.1. The Balaban J connectivity index is 1.40. The van der Waals surface area contributed by atoms with E-state index in [0.717, 1.165) is 17.0 Å². The molecule has 0 radical (unpaired) electrons. The SMILES string of the molecule is CCC(OC(=O)c1ccc(-c2nc(C)c(C)[nH]2)cc1)C(=O)Nc1nc(-c2cccc([N+](=O)[O-])c2)cs1. The highest BCUT2D eigenvalue weighted by atomic mass is 32.1. The zero-order chi connectivity index (χ0) is 25.8. The second-order valence-electron chi connectivity index (χ2n) is 8.01. The zero-order valence-electron chi connectivity index (χ0n) is 19.8. The van der Waals surface area contributed by atoms with Gasteiger partial charge >= 0.3 is 5.97 Å². The van der Waals surface area contributed by atoms with Gasteiger partial charge in [-0.15, -0.1) is 11.3 Å². The zero-order valence-corrected chi connectivity index (χ0v) is 20.6. The maximum atomic E-state index is 12.7. The molecule has 0 saturated heterocycles. The summed E-state index contributed by atoms with van der Waals surface area (Å²) in [6, 6.07) is 12.9. The van der Waals surface area contributed by atoms with Gasteiger partial charge in [-0.05, 0) is 32.4 Å². The molecule has 4 aromatic rings. The molecule has 10 nitrogen and oxygen atoms in total. The van der Waals surface area contributed by atoms with Crippen LogP contribution in [0.15, 0.2) is 53.9 Å². The van der Waals surface area contributed by atoms with Crippen LogP contribution in [0.2, 0.25) is 0 Å². The summed E-state index contributed by atoms with van der Waals surface area (Å²) in [5.41, 5.74) is 4.02. The van der Waals surface area contributed by atoms with Gasteiger partial charge < -0.3 is 9.72 Å². The first-order chi connectivity index (χ1) is 17.2. The van der Waals surface area contributed by atoms with E-state index in [2.05, 4.69) is 20.3 Å². The van der Waals surface area contributed by atoms with Crippen LogP contribution in [0.3, 0.4) is 0 Å². The second-order valence-corrected chi connectivity index (χ2v) is 8.87. The number of hydrogen-bond acceptors (Lipinski definition) is 8. The summed E-state index contributed by atoms with van der Waals surface area (Å²) in [4.78, 5) is 47.9. The van der Waals surface area contributed by atoms with Gasteiger partial charge in [-0.1, -0.05) is 31.2 Å². The number of hydrogen-bond donors (Lipinski definition) is 2. The fourth-order valence-electron chi connectivity index (χ4n) is 3.40. The summed E-state index contributed by atoms with van der Waals surface area (Å²) >= 11 is 1.17. The van der Waals surface area contributed by atoms with E-state index in [4.69, 9.17) is 4.74 Å². The molecule has 36 heavy (non-hydrogen) atoms. The molecule has 1 unspecified atom stereocenters. The number of carbonyl (C=O) groups is 2. The minimum absolute atomic E-state index is 0.0496. The number of aromatic nitrogens is 3. The molecular formula is C25H23N5O5S. The number of H-pyrrole nitrogens is 1. The van der Waals surface area contributed by atoms with Crippen LogP contribution >= 0.6 is 11.3 Å². The minimum atomic E-state index is -1.02. The predicted molar refractivity (Wildman–Crippen MR) is 136 cm³/mol. The number of carbonyl (C=O) groups excluding carboxylic acids is 2. The van der Waals surface area contributed by atoms with E-state index in [9.17, 15) is 19.7 Å². The normalized spacial score (nSPS) is 11.6. The molecule has 0 spiro atoms. The smallest absolute Gasteiger partial charge is 0.338 e. The van der Waals surface area contributed by atoms with E-state index in [1.165, 1.54) is 23.5 Å². The number of nitrogens with one attached hydrogen (secondary N) is 2. The number of aromatic amines is 1. The Hall–Kier alpha value is -4.38. The summed E-state index contributed by atoms with van der Waals surface area (Å²) in [6.45, 7) is 5.59. The Kier molecular flexibility index (Phi) is 7.20. The monoisotopic (exact) mass is 505 g/mol. The highest BCUT2D eigenvalue weighted by Gasteiger charge is 2.23. The van der Waals surface area contributed by atoms with Crippen molar-refractivity contribution in [3.63, 3.8) is 0 Å². The summed E-state index contributed by atoms with van der Waals surface area (Å²) in [5.74, 6) is -0.417. The molecule has 1 atom stereocenters. The number of aryl methyl sites for hydroxylation is 2. The van der Waals surface area contributed by atoms with E-state index >= 15 is 0 Å². The van der Waals surface area contributed by atoms with Crippen molar-refractivity contribution in [2.45, 2.75) is 33.3 Å². The van der Waals surface area contributed by atoms with Gasteiger partial charge in [0, 0.05) is 34.3 Å². The molecule has 0 aliphatic heterocycles. The molecule has 0 bridgehead atoms. The molecule has 2 N–H and O–H groups in total. The van der Waals surface area contributed by atoms with Crippen molar-refractivity contribution in [3.8, 4) is 22.6 Å². The Morgan fingerprint density at radius 3 is 2.53 bits per heavy atom. The van der Waals surface area contributed by atoms with Crippen LogP contribution < -0.4 is 5.32 Å². The molecule has 1 amide bonds. The van der Waals surface area contributed by atoms with Crippen molar-refractivity contribution in [3.05, 3.63) is 81.0 Å². The maximum absolute atomic E-state index is 12.7. The number of non-ortho nitro benzene ring substituents is 1. The number of imidazole rings is 1. The lowest BCUT2D eigenvalue weighted by Crippen LogP contribution is -2.32. The molecule has 0 aliphatic carbocycles. The summed E-state index contributed by atoms with van der Waals surface area (Å²) in [7, 11) is 0. The van der Waals surface area contributed by atoms with Gasteiger partial charge in [-0.25, -0.2) is 14.8 Å². The van der Waals surface area contributed by atoms with Crippen LogP contribution in [0.5, 0.6) is 0 Å². The minimum Gasteiger partial charge on any atom is -0.449 e. The molecule has 0 saturated carbocycles. The number of esters is 1. The van der Waals surface area contributed by atoms with Crippen LogP contribution in [0.25, 0.3) is 22.6 Å². The van der Waals surface area contributed by atoms with Gasteiger partial charge in [0.05, 0.1) is 21.9 Å². The summed E-state index contributed by atoms with van der Waals surface area (Å²) in [5, 5.41) is 15.7.